The van der Waals surface area contributed by atoms with Crippen LogP contribution in [0, 0.1) is 0 Å². The molecule has 0 fully saturated rings. The zero-order valence-electron chi connectivity index (χ0n) is 13.2. The molecule has 0 spiro atoms. The fraction of sp³-hybridized carbons (Fsp3) is 0.615. The van der Waals surface area contributed by atoms with Gasteiger partial charge in [0.05, 0.1) is 13.0 Å². The Bertz CT molecular complexity index is 572. The summed E-state index contributed by atoms with van der Waals surface area (Å²) in [5, 5.41) is 22.1. The maximum Gasteiger partial charge on any atom is 0.321 e. The average Bonchev–Trinajstić information content (AvgIpc) is 2.83. The van der Waals surface area contributed by atoms with Gasteiger partial charge in [-0.25, -0.2) is 4.79 Å². The highest BCUT2D eigenvalue weighted by atomic mass is 32.1. The number of esters is 1. The van der Waals surface area contributed by atoms with Crippen molar-refractivity contribution < 1.29 is 24.2 Å². The Kier molecular flexibility index (Phi) is 6.89. The lowest BCUT2D eigenvalue weighted by molar-refractivity contribution is -0.142. The summed E-state index contributed by atoms with van der Waals surface area (Å²) in [5.74, 6) is -1.33. The Balaban J connectivity index is 2.49. The third-order valence-electron chi connectivity index (χ3n) is 2.70. The molecule has 0 aliphatic heterocycles. The van der Waals surface area contributed by atoms with Crippen molar-refractivity contribution >= 4 is 34.4 Å². The van der Waals surface area contributed by atoms with E-state index in [0.717, 1.165) is 11.3 Å². The third-order valence-corrected chi connectivity index (χ3v) is 3.54. The number of hydrogen-bond acceptors (Lipinski definition) is 7. The summed E-state index contributed by atoms with van der Waals surface area (Å²) in [6, 6.07) is -0.515. The van der Waals surface area contributed by atoms with Gasteiger partial charge in [0.1, 0.15) is 5.01 Å². The SMILES string of the molecule is CCOC(=O)Cc1nnc(NC(=O)NC(C)(C)CCC(=O)O)s1. The summed E-state index contributed by atoms with van der Waals surface area (Å²) in [5.41, 5.74) is -0.680. The van der Waals surface area contributed by atoms with Crippen molar-refractivity contribution in [3.8, 4) is 0 Å². The van der Waals surface area contributed by atoms with E-state index < -0.39 is 23.5 Å². The molecule has 0 unspecified atom stereocenters. The van der Waals surface area contributed by atoms with Gasteiger partial charge in [0.15, 0.2) is 0 Å². The zero-order valence-corrected chi connectivity index (χ0v) is 14.0. The van der Waals surface area contributed by atoms with E-state index in [4.69, 9.17) is 9.84 Å². The summed E-state index contributed by atoms with van der Waals surface area (Å²) in [4.78, 5) is 33.8. The molecule has 3 N–H and O–H groups in total. The van der Waals surface area contributed by atoms with Gasteiger partial charge in [0.2, 0.25) is 5.13 Å². The number of urea groups is 1. The Hall–Kier alpha value is -2.23. The molecule has 1 aromatic heterocycles. The second kappa shape index (κ2) is 8.42. The first-order valence-electron chi connectivity index (χ1n) is 7.01. The van der Waals surface area contributed by atoms with E-state index in [9.17, 15) is 14.4 Å². The lowest BCUT2D eigenvalue weighted by atomic mass is 9.99. The first-order chi connectivity index (χ1) is 10.7. The number of ether oxygens (including phenoxy) is 1. The fourth-order valence-corrected chi connectivity index (χ4v) is 2.35. The number of carbonyl (C=O) groups excluding carboxylic acids is 2. The van der Waals surface area contributed by atoms with Crippen LogP contribution >= 0.6 is 11.3 Å². The quantitative estimate of drug-likeness (QED) is 0.608. The van der Waals surface area contributed by atoms with E-state index in [1.54, 1.807) is 20.8 Å². The molecular formula is C13H20N4O5S. The minimum absolute atomic E-state index is 0.00108. The summed E-state index contributed by atoms with van der Waals surface area (Å²) >= 11 is 1.07. The largest absolute Gasteiger partial charge is 0.481 e. The summed E-state index contributed by atoms with van der Waals surface area (Å²) in [6.45, 7) is 5.45. The van der Waals surface area contributed by atoms with Gasteiger partial charge in [0, 0.05) is 12.0 Å². The number of rotatable bonds is 8. The first kappa shape index (κ1) is 18.8. The molecule has 1 rings (SSSR count). The van der Waals surface area contributed by atoms with E-state index in [1.807, 2.05) is 0 Å². The van der Waals surface area contributed by atoms with Crippen molar-refractivity contribution in [3.63, 3.8) is 0 Å². The minimum Gasteiger partial charge on any atom is -0.481 e. The highest BCUT2D eigenvalue weighted by Gasteiger charge is 2.22. The van der Waals surface area contributed by atoms with Crippen LogP contribution in [-0.2, 0) is 20.7 Å². The molecule has 0 aromatic carbocycles. The van der Waals surface area contributed by atoms with Gasteiger partial charge in [-0.2, -0.15) is 0 Å². The predicted octanol–water partition coefficient (Wildman–Crippen LogP) is 1.41. The number of aliphatic carboxylic acids is 1. The number of hydrogen-bond donors (Lipinski definition) is 3. The molecule has 0 atom stereocenters. The van der Waals surface area contributed by atoms with Gasteiger partial charge in [-0.15, -0.1) is 10.2 Å². The monoisotopic (exact) mass is 344 g/mol. The maximum absolute atomic E-state index is 11.9. The number of anilines is 1. The molecule has 0 aliphatic rings. The average molecular weight is 344 g/mol. The van der Waals surface area contributed by atoms with Crippen LogP contribution in [0.4, 0.5) is 9.93 Å². The van der Waals surface area contributed by atoms with Gasteiger partial charge in [-0.1, -0.05) is 11.3 Å². The highest BCUT2D eigenvalue weighted by Crippen LogP contribution is 2.17. The van der Waals surface area contributed by atoms with Crippen molar-refractivity contribution in [2.75, 3.05) is 11.9 Å². The van der Waals surface area contributed by atoms with Crippen LogP contribution in [0.15, 0.2) is 0 Å². The lowest BCUT2D eigenvalue weighted by Crippen LogP contribution is -2.45. The molecule has 2 amide bonds. The second-order valence-corrected chi connectivity index (χ2v) is 6.40. The van der Waals surface area contributed by atoms with Gasteiger partial charge in [-0.05, 0) is 27.2 Å². The van der Waals surface area contributed by atoms with E-state index in [2.05, 4.69) is 20.8 Å². The molecule has 23 heavy (non-hydrogen) atoms. The van der Waals surface area contributed by atoms with Crippen molar-refractivity contribution in [1.82, 2.24) is 15.5 Å². The first-order valence-corrected chi connectivity index (χ1v) is 7.82. The Morgan fingerprint density at radius 3 is 2.61 bits per heavy atom. The molecule has 0 aliphatic carbocycles. The van der Waals surface area contributed by atoms with E-state index in [0.29, 0.717) is 11.4 Å². The fourth-order valence-electron chi connectivity index (χ4n) is 1.63. The molecule has 0 bridgehead atoms. The summed E-state index contributed by atoms with van der Waals surface area (Å²) in [7, 11) is 0. The van der Waals surface area contributed by atoms with Gasteiger partial charge < -0.3 is 15.2 Å². The number of nitrogens with zero attached hydrogens (tertiary/aromatic N) is 2. The van der Waals surface area contributed by atoms with Crippen LogP contribution in [0.5, 0.6) is 0 Å². The van der Waals surface area contributed by atoms with Crippen LogP contribution < -0.4 is 10.6 Å². The van der Waals surface area contributed by atoms with E-state index in [-0.39, 0.29) is 24.6 Å². The molecule has 10 heteroatoms. The van der Waals surface area contributed by atoms with E-state index in [1.165, 1.54) is 0 Å². The molecule has 1 heterocycles. The van der Waals surface area contributed by atoms with Gasteiger partial charge in [0.25, 0.3) is 0 Å². The Labute approximate surface area is 137 Å². The molecule has 9 nitrogen and oxygen atoms in total. The van der Waals surface area contributed by atoms with Crippen LogP contribution in [0.25, 0.3) is 0 Å². The van der Waals surface area contributed by atoms with Crippen molar-refractivity contribution in [2.24, 2.45) is 0 Å². The number of carbonyl (C=O) groups is 3. The van der Waals surface area contributed by atoms with Crippen LogP contribution in [0.1, 0.15) is 38.6 Å². The molecule has 128 valence electrons. The number of carboxylic acids is 1. The maximum atomic E-state index is 11.9. The third kappa shape index (κ3) is 7.54. The summed E-state index contributed by atoms with van der Waals surface area (Å²) < 4.78 is 4.80. The predicted molar refractivity (Wildman–Crippen MR) is 83.3 cm³/mol. The standard InChI is InChI=1S/C13H20N4O5S/c1-4-22-10(20)7-8-16-17-12(23-8)14-11(21)15-13(2,3)6-5-9(18)19/h4-7H2,1-3H3,(H,18,19)(H2,14,15,17,21). The molecule has 0 saturated carbocycles. The molecule has 0 saturated heterocycles. The van der Waals surface area contributed by atoms with Crippen molar-refractivity contribution in [2.45, 2.75) is 45.6 Å². The number of nitrogens with one attached hydrogen (secondary N) is 2. The lowest BCUT2D eigenvalue weighted by Gasteiger charge is -2.25. The van der Waals surface area contributed by atoms with Crippen LogP contribution in [-0.4, -0.2) is 45.4 Å². The minimum atomic E-state index is -0.923. The molecule has 0 radical (unpaired) electrons. The van der Waals surface area contributed by atoms with Crippen molar-refractivity contribution in [1.29, 1.82) is 0 Å². The van der Waals surface area contributed by atoms with Crippen LogP contribution in [0.2, 0.25) is 0 Å². The second-order valence-electron chi connectivity index (χ2n) is 5.34. The van der Waals surface area contributed by atoms with Gasteiger partial charge in [-0.3, -0.25) is 14.9 Å². The molecular weight excluding hydrogens is 324 g/mol. The number of amides is 2. The zero-order chi connectivity index (χ0) is 17.5. The van der Waals surface area contributed by atoms with E-state index >= 15 is 0 Å². The smallest absolute Gasteiger partial charge is 0.321 e. The van der Waals surface area contributed by atoms with Gasteiger partial charge >= 0.3 is 18.0 Å². The molecule has 1 aromatic rings. The van der Waals surface area contributed by atoms with Crippen molar-refractivity contribution in [3.05, 3.63) is 5.01 Å². The van der Waals surface area contributed by atoms with Crippen LogP contribution in [0.3, 0.4) is 0 Å². The number of aromatic nitrogens is 2. The number of carboxylic acid groups (broad SMARTS) is 1. The Morgan fingerprint density at radius 1 is 1.30 bits per heavy atom. The topological polar surface area (TPSA) is 131 Å². The normalized spacial score (nSPS) is 10.9. The summed E-state index contributed by atoms with van der Waals surface area (Å²) in [6.07, 6.45) is 0.245. The Morgan fingerprint density at radius 2 is 2.00 bits per heavy atom. The highest BCUT2D eigenvalue weighted by molar-refractivity contribution is 7.15.